The molecule has 1 amide bonds. The summed E-state index contributed by atoms with van der Waals surface area (Å²) in [4.78, 5) is 25.6. The van der Waals surface area contributed by atoms with Crippen LogP contribution in [0.3, 0.4) is 0 Å². The number of aryl methyl sites for hydroxylation is 1. The van der Waals surface area contributed by atoms with Gasteiger partial charge in [0.25, 0.3) is 0 Å². The van der Waals surface area contributed by atoms with Crippen molar-refractivity contribution in [2.75, 3.05) is 19.7 Å². The molecule has 0 aliphatic carbocycles. The molecule has 1 atom stereocenters. The summed E-state index contributed by atoms with van der Waals surface area (Å²) in [6.45, 7) is 4.15. The molecule has 0 saturated carbocycles. The van der Waals surface area contributed by atoms with Crippen molar-refractivity contribution < 1.29 is 9.90 Å². The average molecular weight is 298 g/mol. The number of aliphatic hydroxyl groups is 1. The fraction of sp³-hybridized carbons (Fsp3) is 0.714. The fourth-order valence-corrected chi connectivity index (χ4v) is 3.42. The first kappa shape index (κ1) is 15.3. The summed E-state index contributed by atoms with van der Waals surface area (Å²) in [6, 6.07) is 0. The van der Waals surface area contributed by atoms with E-state index in [9.17, 15) is 14.7 Å². The minimum Gasteiger partial charge on any atom is -0.396 e. The van der Waals surface area contributed by atoms with Crippen LogP contribution < -0.4 is 4.87 Å². The number of likely N-dealkylation sites (tertiary alicyclic amines) is 1. The third kappa shape index (κ3) is 3.70. The van der Waals surface area contributed by atoms with Gasteiger partial charge in [0.15, 0.2) is 0 Å². The lowest BCUT2D eigenvalue weighted by Crippen LogP contribution is -2.40. The fourth-order valence-electron chi connectivity index (χ4n) is 2.66. The van der Waals surface area contributed by atoms with E-state index in [4.69, 9.17) is 0 Å². The van der Waals surface area contributed by atoms with E-state index in [-0.39, 0.29) is 23.3 Å². The Balaban J connectivity index is 1.79. The number of nitrogens with zero attached hydrogens (tertiary/aromatic N) is 2. The van der Waals surface area contributed by atoms with Crippen molar-refractivity contribution in [3.05, 3.63) is 20.7 Å². The van der Waals surface area contributed by atoms with Crippen molar-refractivity contribution in [2.24, 2.45) is 5.92 Å². The Morgan fingerprint density at radius 3 is 3.00 bits per heavy atom. The maximum Gasteiger partial charge on any atom is 0.307 e. The zero-order valence-electron chi connectivity index (χ0n) is 11.9. The van der Waals surface area contributed by atoms with Crippen LogP contribution in [0, 0.1) is 12.8 Å². The van der Waals surface area contributed by atoms with Crippen molar-refractivity contribution in [1.29, 1.82) is 0 Å². The van der Waals surface area contributed by atoms with Gasteiger partial charge in [-0.1, -0.05) is 11.3 Å². The molecule has 0 bridgehead atoms. The highest BCUT2D eigenvalue weighted by Crippen LogP contribution is 2.17. The molecule has 1 aliphatic rings. The molecule has 1 saturated heterocycles. The number of aliphatic hydroxyl groups excluding tert-OH is 1. The van der Waals surface area contributed by atoms with Gasteiger partial charge in [-0.3, -0.25) is 9.59 Å². The van der Waals surface area contributed by atoms with E-state index in [0.29, 0.717) is 25.9 Å². The van der Waals surface area contributed by atoms with Gasteiger partial charge < -0.3 is 14.6 Å². The lowest BCUT2D eigenvalue weighted by molar-refractivity contribution is -0.133. The van der Waals surface area contributed by atoms with Crippen molar-refractivity contribution in [3.63, 3.8) is 0 Å². The van der Waals surface area contributed by atoms with E-state index in [1.165, 1.54) is 11.3 Å². The molecule has 2 heterocycles. The topological polar surface area (TPSA) is 62.5 Å². The monoisotopic (exact) mass is 298 g/mol. The third-order valence-electron chi connectivity index (χ3n) is 3.88. The van der Waals surface area contributed by atoms with Gasteiger partial charge in [-0.2, -0.15) is 0 Å². The van der Waals surface area contributed by atoms with E-state index >= 15 is 0 Å². The Morgan fingerprint density at radius 1 is 1.55 bits per heavy atom. The van der Waals surface area contributed by atoms with Crippen LogP contribution in [0.1, 0.15) is 31.4 Å². The highest BCUT2D eigenvalue weighted by atomic mass is 32.1. The maximum atomic E-state index is 12.1. The smallest absolute Gasteiger partial charge is 0.307 e. The number of aromatic nitrogens is 1. The first-order valence-electron chi connectivity index (χ1n) is 7.15. The van der Waals surface area contributed by atoms with Gasteiger partial charge in [-0.05, 0) is 32.1 Å². The van der Waals surface area contributed by atoms with Crippen LogP contribution in [0.5, 0.6) is 0 Å². The number of rotatable bonds is 5. The van der Waals surface area contributed by atoms with Crippen LogP contribution in [-0.4, -0.2) is 40.2 Å². The Hall–Kier alpha value is -1.14. The second kappa shape index (κ2) is 7.04. The van der Waals surface area contributed by atoms with Crippen LogP contribution in [-0.2, 0) is 11.3 Å². The standard InChI is InChI=1S/C14H22N2O3S/c1-11-10-20-14(19)16(11)7-3-5-13(18)15-6-2-4-12(8-15)9-17/h10,12,17H,2-9H2,1H3. The number of hydrogen-bond donors (Lipinski definition) is 1. The summed E-state index contributed by atoms with van der Waals surface area (Å²) in [7, 11) is 0. The summed E-state index contributed by atoms with van der Waals surface area (Å²) in [5.41, 5.74) is 0.964. The number of carbonyl (C=O) groups is 1. The van der Waals surface area contributed by atoms with Gasteiger partial charge in [-0.15, -0.1) is 0 Å². The number of carbonyl (C=O) groups excluding carboxylic acids is 1. The Morgan fingerprint density at radius 2 is 2.35 bits per heavy atom. The van der Waals surface area contributed by atoms with Gasteiger partial charge in [0.05, 0.1) is 0 Å². The number of piperidine rings is 1. The summed E-state index contributed by atoms with van der Waals surface area (Å²) >= 11 is 1.21. The SMILES string of the molecule is Cc1csc(=O)n1CCCC(=O)N1CCCC(CO)C1. The molecule has 1 N–H and O–H groups in total. The molecule has 0 aromatic carbocycles. The van der Waals surface area contributed by atoms with Gasteiger partial charge in [-0.25, -0.2) is 0 Å². The Labute approximate surface area is 122 Å². The zero-order chi connectivity index (χ0) is 14.5. The lowest BCUT2D eigenvalue weighted by Gasteiger charge is -2.32. The zero-order valence-corrected chi connectivity index (χ0v) is 12.7. The molecule has 1 unspecified atom stereocenters. The van der Waals surface area contributed by atoms with E-state index < -0.39 is 0 Å². The molecule has 1 aromatic rings. The van der Waals surface area contributed by atoms with E-state index in [0.717, 1.165) is 25.1 Å². The molecule has 0 radical (unpaired) electrons. The molecule has 6 heteroatoms. The number of amides is 1. The third-order valence-corrected chi connectivity index (χ3v) is 4.76. The second-order valence-electron chi connectivity index (χ2n) is 5.43. The number of hydrogen-bond acceptors (Lipinski definition) is 4. The van der Waals surface area contributed by atoms with Crippen LogP contribution >= 0.6 is 11.3 Å². The van der Waals surface area contributed by atoms with Crippen LogP contribution in [0.15, 0.2) is 10.2 Å². The summed E-state index contributed by atoms with van der Waals surface area (Å²) in [5.74, 6) is 0.374. The summed E-state index contributed by atoms with van der Waals surface area (Å²) < 4.78 is 1.73. The van der Waals surface area contributed by atoms with Crippen molar-refractivity contribution in [2.45, 2.75) is 39.2 Å². The normalized spacial score (nSPS) is 19.3. The Bertz CT molecular complexity index is 509. The van der Waals surface area contributed by atoms with E-state index in [1.807, 2.05) is 17.2 Å². The van der Waals surface area contributed by atoms with Crippen LogP contribution in [0.4, 0.5) is 0 Å². The molecular formula is C14H22N2O3S. The van der Waals surface area contributed by atoms with Crippen molar-refractivity contribution in [3.8, 4) is 0 Å². The Kier molecular flexibility index (Phi) is 5.37. The van der Waals surface area contributed by atoms with Crippen LogP contribution in [0.25, 0.3) is 0 Å². The predicted molar refractivity (Wildman–Crippen MR) is 78.9 cm³/mol. The molecule has 2 rings (SSSR count). The number of thiazole rings is 1. The minimum absolute atomic E-state index is 0.0493. The molecule has 1 aromatic heterocycles. The molecule has 1 aliphatic heterocycles. The van der Waals surface area contributed by atoms with Crippen LogP contribution in [0.2, 0.25) is 0 Å². The van der Waals surface area contributed by atoms with Gasteiger partial charge >= 0.3 is 4.87 Å². The lowest BCUT2D eigenvalue weighted by atomic mass is 9.99. The highest BCUT2D eigenvalue weighted by molar-refractivity contribution is 7.07. The molecule has 1 fully saturated rings. The highest BCUT2D eigenvalue weighted by Gasteiger charge is 2.22. The second-order valence-corrected chi connectivity index (χ2v) is 6.25. The maximum absolute atomic E-state index is 12.1. The summed E-state index contributed by atoms with van der Waals surface area (Å²) in [6.07, 6.45) is 3.14. The summed E-state index contributed by atoms with van der Waals surface area (Å²) in [5, 5.41) is 11.0. The largest absolute Gasteiger partial charge is 0.396 e. The van der Waals surface area contributed by atoms with Crippen molar-refractivity contribution in [1.82, 2.24) is 9.47 Å². The first-order valence-corrected chi connectivity index (χ1v) is 8.03. The predicted octanol–water partition coefficient (Wildman–Crippen LogP) is 1.23. The van der Waals surface area contributed by atoms with Gasteiger partial charge in [0.1, 0.15) is 0 Å². The van der Waals surface area contributed by atoms with Crippen molar-refractivity contribution >= 4 is 17.2 Å². The molecule has 112 valence electrons. The average Bonchev–Trinajstić information content (AvgIpc) is 2.79. The minimum atomic E-state index is 0.0493. The first-order chi connectivity index (χ1) is 9.61. The van der Waals surface area contributed by atoms with Gasteiger partial charge in [0, 0.05) is 43.7 Å². The molecule has 0 spiro atoms. The molecule has 20 heavy (non-hydrogen) atoms. The quantitative estimate of drug-likeness (QED) is 0.889. The van der Waals surface area contributed by atoms with Gasteiger partial charge in [0.2, 0.25) is 5.91 Å². The van der Waals surface area contributed by atoms with E-state index in [2.05, 4.69) is 0 Å². The molecular weight excluding hydrogens is 276 g/mol. The van der Waals surface area contributed by atoms with E-state index in [1.54, 1.807) is 4.57 Å². The molecule has 5 nitrogen and oxygen atoms in total.